The van der Waals surface area contributed by atoms with Crippen molar-refractivity contribution in [3.63, 3.8) is 0 Å². The van der Waals surface area contributed by atoms with Crippen LogP contribution < -0.4 is 0 Å². The molecule has 0 aromatic heterocycles. The number of piperidine rings is 1. The maximum absolute atomic E-state index is 11.9. The lowest BCUT2D eigenvalue weighted by molar-refractivity contribution is -0.135. The molecule has 104 valence electrons. The lowest BCUT2D eigenvalue weighted by Crippen LogP contribution is -2.38. The van der Waals surface area contributed by atoms with Crippen molar-refractivity contribution < 1.29 is 14.3 Å². The van der Waals surface area contributed by atoms with E-state index in [4.69, 9.17) is 10.00 Å². The summed E-state index contributed by atoms with van der Waals surface area (Å²) in [4.78, 5) is 25.4. The predicted octanol–water partition coefficient (Wildman–Crippen LogP) is 1.73. The van der Waals surface area contributed by atoms with Gasteiger partial charge in [-0.2, -0.15) is 5.26 Å². The molecule has 0 unspecified atom stereocenters. The molecule has 2 rings (SSSR count). The number of hydrogen-bond acceptors (Lipinski definition) is 4. The molecule has 0 N–H and O–H groups in total. The van der Waals surface area contributed by atoms with Crippen LogP contribution in [0.1, 0.15) is 35.2 Å². The zero-order valence-corrected chi connectivity index (χ0v) is 11.2. The van der Waals surface area contributed by atoms with E-state index in [1.54, 1.807) is 23.1 Å². The van der Waals surface area contributed by atoms with Crippen LogP contribution in [-0.4, -0.2) is 36.5 Å². The summed E-state index contributed by atoms with van der Waals surface area (Å²) in [5.74, 6) is -0.734. The van der Waals surface area contributed by atoms with Crippen molar-refractivity contribution in [2.75, 3.05) is 19.7 Å². The lowest BCUT2D eigenvalue weighted by Gasteiger charge is -2.26. The monoisotopic (exact) mass is 272 g/mol. The topological polar surface area (TPSA) is 70.4 Å². The lowest BCUT2D eigenvalue weighted by atomic mass is 10.1. The van der Waals surface area contributed by atoms with Crippen LogP contribution in [0.2, 0.25) is 0 Å². The molecule has 20 heavy (non-hydrogen) atoms. The van der Waals surface area contributed by atoms with Gasteiger partial charge in [0.2, 0.25) is 0 Å². The van der Waals surface area contributed by atoms with Gasteiger partial charge < -0.3 is 9.64 Å². The summed E-state index contributed by atoms with van der Waals surface area (Å²) in [5, 5.41) is 8.77. The van der Waals surface area contributed by atoms with Gasteiger partial charge in [0.05, 0.1) is 17.2 Å². The number of amides is 1. The molecule has 1 aliphatic heterocycles. The highest BCUT2D eigenvalue weighted by atomic mass is 16.5. The number of nitrogens with zero attached hydrogens (tertiary/aromatic N) is 2. The van der Waals surface area contributed by atoms with Crippen molar-refractivity contribution in [3.8, 4) is 6.07 Å². The minimum atomic E-state index is -0.576. The fraction of sp³-hybridized carbons (Fsp3) is 0.400. The van der Waals surface area contributed by atoms with Crippen LogP contribution in [0.15, 0.2) is 24.3 Å². The SMILES string of the molecule is N#Cc1cccc(C(=O)OCC(=O)N2CCCCC2)c1. The van der Waals surface area contributed by atoms with E-state index in [1.807, 2.05) is 6.07 Å². The molecule has 0 saturated carbocycles. The van der Waals surface area contributed by atoms with E-state index in [2.05, 4.69) is 0 Å². The Hall–Kier alpha value is -2.35. The standard InChI is InChI=1S/C15H16N2O3/c16-10-12-5-4-6-13(9-12)15(19)20-11-14(18)17-7-2-1-3-8-17/h4-6,9H,1-3,7-8,11H2. The Bertz CT molecular complexity index is 542. The van der Waals surface area contributed by atoms with Gasteiger partial charge in [0, 0.05) is 13.1 Å². The number of likely N-dealkylation sites (tertiary alicyclic amines) is 1. The van der Waals surface area contributed by atoms with Crippen LogP contribution in [0.5, 0.6) is 0 Å². The van der Waals surface area contributed by atoms with Gasteiger partial charge in [-0.15, -0.1) is 0 Å². The number of carbonyl (C=O) groups excluding carboxylic acids is 2. The number of carbonyl (C=O) groups is 2. The van der Waals surface area contributed by atoms with Crippen LogP contribution in [-0.2, 0) is 9.53 Å². The molecule has 1 heterocycles. The molecule has 0 atom stereocenters. The fourth-order valence-electron chi connectivity index (χ4n) is 2.16. The Labute approximate surface area is 117 Å². The van der Waals surface area contributed by atoms with E-state index in [1.165, 1.54) is 6.07 Å². The molecule has 1 amide bonds. The molecule has 1 aliphatic rings. The first-order chi connectivity index (χ1) is 9.70. The molecule has 1 saturated heterocycles. The molecule has 1 aromatic carbocycles. The van der Waals surface area contributed by atoms with E-state index >= 15 is 0 Å². The van der Waals surface area contributed by atoms with Crippen molar-refractivity contribution in [2.24, 2.45) is 0 Å². The van der Waals surface area contributed by atoms with Gasteiger partial charge in [0.15, 0.2) is 6.61 Å². The van der Waals surface area contributed by atoms with Crippen molar-refractivity contribution >= 4 is 11.9 Å². The summed E-state index contributed by atoms with van der Waals surface area (Å²) in [7, 11) is 0. The van der Waals surface area contributed by atoms with Crippen LogP contribution >= 0.6 is 0 Å². The normalized spacial score (nSPS) is 14.4. The Balaban J connectivity index is 1.88. The summed E-state index contributed by atoms with van der Waals surface area (Å²) < 4.78 is 5.00. The van der Waals surface area contributed by atoms with Gasteiger partial charge in [0.25, 0.3) is 5.91 Å². The number of hydrogen-bond donors (Lipinski definition) is 0. The number of nitriles is 1. The van der Waals surface area contributed by atoms with Crippen molar-refractivity contribution in [2.45, 2.75) is 19.3 Å². The highest BCUT2D eigenvalue weighted by Gasteiger charge is 2.18. The summed E-state index contributed by atoms with van der Waals surface area (Å²) in [6.07, 6.45) is 3.15. The molecule has 0 aliphatic carbocycles. The van der Waals surface area contributed by atoms with Crippen LogP contribution in [0.25, 0.3) is 0 Å². The smallest absolute Gasteiger partial charge is 0.338 e. The quantitative estimate of drug-likeness (QED) is 0.786. The third kappa shape index (κ3) is 3.58. The molecule has 0 bridgehead atoms. The number of benzene rings is 1. The summed E-state index contributed by atoms with van der Waals surface area (Å²) in [5.41, 5.74) is 0.678. The molecule has 0 radical (unpaired) electrons. The van der Waals surface area contributed by atoms with Gasteiger partial charge in [0.1, 0.15) is 0 Å². The van der Waals surface area contributed by atoms with Crippen LogP contribution in [0, 0.1) is 11.3 Å². The average molecular weight is 272 g/mol. The predicted molar refractivity (Wildman–Crippen MR) is 71.9 cm³/mol. The Kier molecular flexibility index (Phi) is 4.72. The van der Waals surface area contributed by atoms with E-state index < -0.39 is 5.97 Å². The maximum Gasteiger partial charge on any atom is 0.338 e. The molecule has 5 nitrogen and oxygen atoms in total. The van der Waals surface area contributed by atoms with Crippen molar-refractivity contribution in [1.82, 2.24) is 4.90 Å². The summed E-state index contributed by atoms with van der Waals surface area (Å²) >= 11 is 0. The third-order valence-corrected chi connectivity index (χ3v) is 3.26. The first kappa shape index (κ1) is 14.1. The van der Waals surface area contributed by atoms with E-state index in [-0.39, 0.29) is 18.1 Å². The second kappa shape index (κ2) is 6.71. The summed E-state index contributed by atoms with van der Waals surface area (Å²) in [6.45, 7) is 1.23. The largest absolute Gasteiger partial charge is 0.452 e. The highest BCUT2D eigenvalue weighted by Crippen LogP contribution is 2.10. The van der Waals surface area contributed by atoms with Crippen LogP contribution in [0.4, 0.5) is 0 Å². The second-order valence-corrected chi connectivity index (χ2v) is 4.71. The Morgan fingerprint density at radius 2 is 2.00 bits per heavy atom. The van der Waals surface area contributed by atoms with E-state index in [9.17, 15) is 9.59 Å². The Morgan fingerprint density at radius 1 is 1.25 bits per heavy atom. The highest BCUT2D eigenvalue weighted by molar-refractivity contribution is 5.91. The molecular formula is C15H16N2O3. The molecule has 5 heteroatoms. The maximum atomic E-state index is 11.9. The number of rotatable bonds is 3. The van der Waals surface area contributed by atoms with Crippen molar-refractivity contribution in [3.05, 3.63) is 35.4 Å². The zero-order valence-electron chi connectivity index (χ0n) is 11.2. The van der Waals surface area contributed by atoms with Gasteiger partial charge in [-0.25, -0.2) is 4.79 Å². The Morgan fingerprint density at radius 3 is 2.70 bits per heavy atom. The molecular weight excluding hydrogens is 256 g/mol. The zero-order chi connectivity index (χ0) is 14.4. The van der Waals surface area contributed by atoms with E-state index in [0.29, 0.717) is 5.56 Å². The van der Waals surface area contributed by atoms with Gasteiger partial charge in [-0.3, -0.25) is 4.79 Å². The number of esters is 1. The fourth-order valence-corrected chi connectivity index (χ4v) is 2.16. The second-order valence-electron chi connectivity index (χ2n) is 4.71. The summed E-state index contributed by atoms with van der Waals surface area (Å²) in [6, 6.07) is 8.19. The van der Waals surface area contributed by atoms with Gasteiger partial charge in [-0.1, -0.05) is 6.07 Å². The minimum Gasteiger partial charge on any atom is -0.452 e. The van der Waals surface area contributed by atoms with Gasteiger partial charge >= 0.3 is 5.97 Å². The van der Waals surface area contributed by atoms with Gasteiger partial charge in [-0.05, 0) is 37.5 Å². The number of ether oxygens (including phenoxy) is 1. The molecule has 0 spiro atoms. The average Bonchev–Trinajstić information content (AvgIpc) is 2.53. The minimum absolute atomic E-state index is 0.158. The molecule has 1 fully saturated rings. The third-order valence-electron chi connectivity index (χ3n) is 3.26. The van der Waals surface area contributed by atoms with Crippen molar-refractivity contribution in [1.29, 1.82) is 5.26 Å². The molecule has 1 aromatic rings. The first-order valence-electron chi connectivity index (χ1n) is 6.66. The van der Waals surface area contributed by atoms with E-state index in [0.717, 1.165) is 32.4 Å². The van der Waals surface area contributed by atoms with Crippen LogP contribution in [0.3, 0.4) is 0 Å². The first-order valence-corrected chi connectivity index (χ1v) is 6.66.